The Morgan fingerprint density at radius 1 is 1.08 bits per heavy atom. The van der Waals surface area contributed by atoms with Gasteiger partial charge in [0, 0.05) is 43.6 Å². The van der Waals surface area contributed by atoms with Gasteiger partial charge in [-0.25, -0.2) is 0 Å². The number of aliphatic hydroxyl groups is 1. The Hall–Kier alpha value is -3.24. The summed E-state index contributed by atoms with van der Waals surface area (Å²) in [6.07, 6.45) is -3.51. The molecule has 3 heterocycles. The number of nitrogens with zero attached hydrogens (tertiary/aromatic N) is 2. The van der Waals surface area contributed by atoms with Crippen LogP contribution in [0.1, 0.15) is 65.7 Å². The van der Waals surface area contributed by atoms with E-state index in [0.29, 0.717) is 37.2 Å². The molecule has 2 saturated heterocycles. The molecule has 38 heavy (non-hydrogen) atoms. The lowest BCUT2D eigenvalue weighted by atomic mass is 9.66. The van der Waals surface area contributed by atoms with Crippen molar-refractivity contribution >= 4 is 17.7 Å². The van der Waals surface area contributed by atoms with Gasteiger partial charge in [0.25, 0.3) is 5.91 Å². The highest BCUT2D eigenvalue weighted by Crippen LogP contribution is 2.47. The molecular weight excluding hydrogens is 499 g/mol. The average molecular weight is 530 g/mol. The second-order valence-electron chi connectivity index (χ2n) is 11.2. The Morgan fingerprint density at radius 3 is 2.42 bits per heavy atom. The average Bonchev–Trinajstić information content (AvgIpc) is 3.16. The number of fused-ring (bicyclic) bond motifs is 1. The Kier molecular flexibility index (Phi) is 6.38. The lowest BCUT2D eigenvalue weighted by Gasteiger charge is -2.50. The van der Waals surface area contributed by atoms with Gasteiger partial charge in [-0.15, -0.1) is 0 Å². The van der Waals surface area contributed by atoms with E-state index in [0.717, 1.165) is 23.3 Å². The zero-order chi connectivity index (χ0) is 27.5. The summed E-state index contributed by atoms with van der Waals surface area (Å²) in [6, 6.07) is 9.75. The summed E-state index contributed by atoms with van der Waals surface area (Å²) >= 11 is 0. The van der Waals surface area contributed by atoms with E-state index in [1.54, 1.807) is 12.1 Å². The molecule has 0 radical (unpaired) electrons. The van der Waals surface area contributed by atoms with Crippen molar-refractivity contribution in [3.8, 4) is 0 Å². The van der Waals surface area contributed by atoms with E-state index in [1.165, 1.54) is 17.0 Å². The maximum absolute atomic E-state index is 13.0. The van der Waals surface area contributed by atoms with E-state index < -0.39 is 34.7 Å². The Morgan fingerprint density at radius 2 is 1.79 bits per heavy atom. The van der Waals surface area contributed by atoms with Gasteiger partial charge in [-0.1, -0.05) is 38.1 Å². The van der Waals surface area contributed by atoms with E-state index >= 15 is 0 Å². The number of alkyl halides is 3. The number of amides is 3. The number of imide groups is 1. The number of hydrogen-bond donors (Lipinski definition) is 2. The van der Waals surface area contributed by atoms with Crippen molar-refractivity contribution in [3.05, 3.63) is 70.3 Å². The fourth-order valence-electron chi connectivity index (χ4n) is 5.99. The quantitative estimate of drug-likeness (QED) is 0.591. The number of hydrogen-bond acceptors (Lipinski definition) is 5. The molecule has 0 aliphatic carbocycles. The zero-order valence-corrected chi connectivity index (χ0v) is 21.3. The van der Waals surface area contributed by atoms with Crippen molar-refractivity contribution in [2.24, 2.45) is 5.41 Å². The molecule has 3 amide bonds. The van der Waals surface area contributed by atoms with Crippen molar-refractivity contribution in [3.63, 3.8) is 0 Å². The van der Waals surface area contributed by atoms with Gasteiger partial charge < -0.3 is 10.0 Å². The van der Waals surface area contributed by atoms with Crippen LogP contribution in [0, 0.1) is 5.41 Å². The predicted molar refractivity (Wildman–Crippen MR) is 132 cm³/mol. The highest BCUT2D eigenvalue weighted by molar-refractivity contribution is 6.05. The molecular formula is C28H30F3N3O4. The summed E-state index contributed by atoms with van der Waals surface area (Å²) < 4.78 is 38.7. The monoisotopic (exact) mass is 529 g/mol. The fourth-order valence-corrected chi connectivity index (χ4v) is 5.99. The predicted octanol–water partition coefficient (Wildman–Crippen LogP) is 3.59. The van der Waals surface area contributed by atoms with Gasteiger partial charge in [-0.3, -0.25) is 24.6 Å². The van der Waals surface area contributed by atoms with E-state index in [-0.39, 0.29) is 31.2 Å². The molecule has 0 saturated carbocycles. The molecule has 0 bridgehead atoms. The van der Waals surface area contributed by atoms with E-state index in [4.69, 9.17) is 0 Å². The second-order valence-corrected chi connectivity index (χ2v) is 11.2. The van der Waals surface area contributed by atoms with Gasteiger partial charge in [0.1, 0.15) is 6.04 Å². The van der Waals surface area contributed by atoms with Gasteiger partial charge in [-0.05, 0) is 47.7 Å². The van der Waals surface area contributed by atoms with Crippen LogP contribution in [0.25, 0.3) is 0 Å². The second kappa shape index (κ2) is 9.20. The first kappa shape index (κ1) is 26.4. The van der Waals surface area contributed by atoms with Crippen LogP contribution < -0.4 is 5.32 Å². The summed E-state index contributed by atoms with van der Waals surface area (Å²) in [6.45, 7) is 5.67. The van der Waals surface area contributed by atoms with Crippen molar-refractivity contribution in [2.45, 2.75) is 64.0 Å². The maximum atomic E-state index is 13.0. The molecule has 202 valence electrons. The third-order valence-corrected chi connectivity index (χ3v) is 8.22. The Balaban J connectivity index is 1.31. The molecule has 2 aromatic rings. The molecule has 3 aliphatic rings. The topological polar surface area (TPSA) is 89.9 Å². The lowest BCUT2D eigenvalue weighted by Crippen LogP contribution is -2.55. The molecule has 0 aromatic heterocycles. The van der Waals surface area contributed by atoms with Crippen LogP contribution in [0.3, 0.4) is 0 Å². The maximum Gasteiger partial charge on any atom is 0.416 e. The van der Waals surface area contributed by atoms with Gasteiger partial charge in [0.05, 0.1) is 11.2 Å². The summed E-state index contributed by atoms with van der Waals surface area (Å²) in [5, 5.41) is 14.2. The van der Waals surface area contributed by atoms with Gasteiger partial charge in [0.2, 0.25) is 11.8 Å². The third kappa shape index (κ3) is 4.60. The van der Waals surface area contributed by atoms with E-state index in [9.17, 15) is 32.7 Å². The first-order valence-corrected chi connectivity index (χ1v) is 12.7. The normalized spacial score (nSPS) is 25.9. The molecule has 2 fully saturated rings. The van der Waals surface area contributed by atoms with Crippen molar-refractivity contribution in [1.29, 1.82) is 0 Å². The molecule has 0 unspecified atom stereocenters. The highest BCUT2D eigenvalue weighted by atomic mass is 19.4. The summed E-state index contributed by atoms with van der Waals surface area (Å²) in [4.78, 5) is 40.5. The number of piperidine rings is 2. The van der Waals surface area contributed by atoms with Gasteiger partial charge >= 0.3 is 6.18 Å². The lowest BCUT2D eigenvalue weighted by molar-refractivity contribution is -0.138. The number of benzene rings is 2. The van der Waals surface area contributed by atoms with Crippen LogP contribution in [0.2, 0.25) is 0 Å². The minimum Gasteiger partial charge on any atom is -0.385 e. The SMILES string of the molecule is CC1(C)CN(Cc2ccc(C(F)(F)F)cc2)CC[C@]1(O)c1ccc2c(c1)CN([C@H]1CCC(=O)NC1=O)C2=O. The smallest absolute Gasteiger partial charge is 0.385 e. The first-order chi connectivity index (χ1) is 17.8. The fraction of sp³-hybridized carbons (Fsp3) is 0.464. The van der Waals surface area contributed by atoms with Crippen molar-refractivity contribution in [2.75, 3.05) is 13.1 Å². The van der Waals surface area contributed by atoms with Crippen LogP contribution in [0.4, 0.5) is 13.2 Å². The van der Waals surface area contributed by atoms with Crippen LogP contribution in [0.15, 0.2) is 42.5 Å². The number of halogens is 3. The molecule has 3 aliphatic heterocycles. The number of rotatable bonds is 4. The molecule has 0 spiro atoms. The molecule has 2 atom stereocenters. The van der Waals surface area contributed by atoms with Crippen LogP contribution in [0.5, 0.6) is 0 Å². The van der Waals surface area contributed by atoms with Gasteiger partial charge in [0.15, 0.2) is 0 Å². The van der Waals surface area contributed by atoms with Crippen molar-refractivity contribution in [1.82, 2.24) is 15.1 Å². The summed E-state index contributed by atoms with van der Waals surface area (Å²) in [7, 11) is 0. The van der Waals surface area contributed by atoms with Gasteiger partial charge in [-0.2, -0.15) is 13.2 Å². The third-order valence-electron chi connectivity index (χ3n) is 8.22. The number of carbonyl (C=O) groups excluding carboxylic acids is 3. The molecule has 10 heteroatoms. The van der Waals surface area contributed by atoms with Crippen LogP contribution in [-0.2, 0) is 34.5 Å². The Bertz CT molecular complexity index is 1290. The van der Waals surface area contributed by atoms with Crippen LogP contribution >= 0.6 is 0 Å². The number of carbonyl (C=O) groups is 3. The molecule has 5 rings (SSSR count). The highest BCUT2D eigenvalue weighted by Gasteiger charge is 2.49. The molecule has 7 nitrogen and oxygen atoms in total. The molecule has 2 aromatic carbocycles. The number of nitrogens with one attached hydrogen (secondary N) is 1. The zero-order valence-electron chi connectivity index (χ0n) is 21.3. The molecule has 2 N–H and O–H groups in total. The minimum atomic E-state index is -4.37. The summed E-state index contributed by atoms with van der Waals surface area (Å²) in [5.41, 5.74) is 0.201. The first-order valence-electron chi connectivity index (χ1n) is 12.7. The van der Waals surface area contributed by atoms with E-state index in [1.807, 2.05) is 19.9 Å². The standard InChI is InChI=1S/C28H30F3N3O4/c1-26(2)16-33(14-17-3-5-19(6-4-17)28(29,30)31)12-11-27(26,38)20-7-8-21-18(13-20)15-34(25(21)37)22-9-10-23(35)32-24(22)36/h3-8,13,22,38H,9-12,14-16H2,1-2H3,(H,32,35,36)/t22-,27-/m0/s1. The minimum absolute atomic E-state index is 0.179. The number of likely N-dealkylation sites (tertiary alicyclic amines) is 1. The Labute approximate surface area is 218 Å². The largest absolute Gasteiger partial charge is 0.416 e. The van der Waals surface area contributed by atoms with Crippen LogP contribution in [-0.4, -0.2) is 51.8 Å². The van der Waals surface area contributed by atoms with Crippen molar-refractivity contribution < 1.29 is 32.7 Å². The van der Waals surface area contributed by atoms with E-state index in [2.05, 4.69) is 10.2 Å². The summed E-state index contributed by atoms with van der Waals surface area (Å²) in [5.74, 6) is -1.08.